The summed E-state index contributed by atoms with van der Waals surface area (Å²) in [5, 5.41) is 8.27. The van der Waals surface area contributed by atoms with Gasteiger partial charge in [-0.05, 0) is 19.8 Å². The molecule has 0 spiro atoms. The summed E-state index contributed by atoms with van der Waals surface area (Å²) in [6.45, 7) is 10.9. The van der Waals surface area contributed by atoms with Crippen LogP contribution in [0.15, 0.2) is 4.52 Å². The highest BCUT2D eigenvalue weighted by Crippen LogP contribution is 2.16. The Morgan fingerprint density at radius 1 is 1.35 bits per heavy atom. The summed E-state index contributed by atoms with van der Waals surface area (Å²) in [6, 6.07) is 0. The van der Waals surface area contributed by atoms with Gasteiger partial charge in [-0.25, -0.2) is 0 Å². The Morgan fingerprint density at radius 2 is 2.09 bits per heavy atom. The Kier molecular flexibility index (Phi) is 5.52. The number of aromatic nitrogens is 4. The molecule has 0 amide bonds. The molecule has 0 fully saturated rings. The molecular weight excluding hydrogens is 296 g/mol. The average molecular weight is 320 g/mol. The maximum atomic E-state index is 12.0. The second-order valence-electron chi connectivity index (χ2n) is 6.02. The Hall–Kier alpha value is -2.18. The lowest BCUT2D eigenvalue weighted by atomic mass is 10.1. The maximum Gasteiger partial charge on any atom is 0.310 e. The summed E-state index contributed by atoms with van der Waals surface area (Å²) in [6.07, 6.45) is 0.884. The zero-order valence-corrected chi connectivity index (χ0v) is 14.4. The third-order valence-corrected chi connectivity index (χ3v) is 3.57. The molecule has 0 atom stereocenters. The van der Waals surface area contributed by atoms with Gasteiger partial charge in [0.2, 0.25) is 0 Å². The Morgan fingerprint density at radius 3 is 2.70 bits per heavy atom. The van der Waals surface area contributed by atoms with Crippen molar-refractivity contribution in [3.63, 3.8) is 0 Å². The first kappa shape index (κ1) is 17.2. The second-order valence-corrected chi connectivity index (χ2v) is 6.02. The standard InChI is InChI=1S/C16H24N4O3/c1-6-14-17-15(23-19-14)9-22-16(21)7-13-11(4)18-20(12(13)5)8-10(2)3/h10H,6-9H2,1-5H3. The van der Waals surface area contributed by atoms with Crippen LogP contribution in [0.4, 0.5) is 0 Å². The summed E-state index contributed by atoms with van der Waals surface area (Å²) in [5.74, 6) is 1.10. The number of ether oxygens (including phenoxy) is 1. The molecule has 0 aliphatic rings. The van der Waals surface area contributed by atoms with E-state index in [0.29, 0.717) is 24.1 Å². The number of hydrogen-bond donors (Lipinski definition) is 0. The first-order chi connectivity index (χ1) is 10.9. The van der Waals surface area contributed by atoms with Gasteiger partial charge in [0, 0.05) is 24.2 Å². The van der Waals surface area contributed by atoms with Crippen molar-refractivity contribution in [2.75, 3.05) is 0 Å². The molecule has 2 heterocycles. The van der Waals surface area contributed by atoms with Crippen molar-refractivity contribution in [2.45, 2.75) is 60.6 Å². The van der Waals surface area contributed by atoms with Crippen LogP contribution < -0.4 is 0 Å². The molecule has 0 aliphatic heterocycles. The van der Waals surface area contributed by atoms with E-state index < -0.39 is 0 Å². The molecule has 0 bridgehead atoms. The number of carbonyl (C=O) groups is 1. The predicted octanol–water partition coefficient (Wildman–Crippen LogP) is 2.39. The molecule has 0 unspecified atom stereocenters. The lowest BCUT2D eigenvalue weighted by Crippen LogP contribution is -2.11. The highest BCUT2D eigenvalue weighted by molar-refractivity contribution is 5.73. The fourth-order valence-electron chi connectivity index (χ4n) is 2.34. The minimum absolute atomic E-state index is 0.00403. The number of esters is 1. The van der Waals surface area contributed by atoms with Gasteiger partial charge in [0.1, 0.15) is 0 Å². The van der Waals surface area contributed by atoms with Crippen molar-refractivity contribution in [3.8, 4) is 0 Å². The van der Waals surface area contributed by atoms with E-state index >= 15 is 0 Å². The monoisotopic (exact) mass is 320 g/mol. The van der Waals surface area contributed by atoms with Crippen LogP contribution in [-0.4, -0.2) is 25.9 Å². The molecule has 0 saturated heterocycles. The first-order valence-corrected chi connectivity index (χ1v) is 7.90. The second kappa shape index (κ2) is 7.39. The molecule has 0 N–H and O–H groups in total. The van der Waals surface area contributed by atoms with Crippen LogP contribution in [0.5, 0.6) is 0 Å². The van der Waals surface area contributed by atoms with Crippen molar-refractivity contribution in [1.82, 2.24) is 19.9 Å². The zero-order valence-electron chi connectivity index (χ0n) is 14.4. The summed E-state index contributed by atoms with van der Waals surface area (Å²) in [4.78, 5) is 16.2. The lowest BCUT2D eigenvalue weighted by Gasteiger charge is -2.08. The molecule has 2 aromatic heterocycles. The Labute approximate surface area is 136 Å². The van der Waals surface area contributed by atoms with Crippen LogP contribution in [-0.2, 0) is 35.5 Å². The minimum Gasteiger partial charge on any atom is -0.455 e. The van der Waals surface area contributed by atoms with Gasteiger partial charge in [-0.15, -0.1) is 0 Å². The van der Waals surface area contributed by atoms with Crippen LogP contribution in [0.25, 0.3) is 0 Å². The van der Waals surface area contributed by atoms with Crippen LogP contribution in [0, 0.1) is 19.8 Å². The fraction of sp³-hybridized carbons (Fsp3) is 0.625. The van der Waals surface area contributed by atoms with Gasteiger partial charge in [0.15, 0.2) is 12.4 Å². The normalized spacial score (nSPS) is 11.2. The quantitative estimate of drug-likeness (QED) is 0.728. The van der Waals surface area contributed by atoms with E-state index in [9.17, 15) is 4.79 Å². The van der Waals surface area contributed by atoms with E-state index in [1.807, 2.05) is 25.5 Å². The molecule has 23 heavy (non-hydrogen) atoms. The summed E-state index contributed by atoms with van der Waals surface area (Å²) < 4.78 is 12.2. The Balaban J connectivity index is 1.96. The first-order valence-electron chi connectivity index (χ1n) is 7.90. The van der Waals surface area contributed by atoms with E-state index in [1.54, 1.807) is 0 Å². The van der Waals surface area contributed by atoms with E-state index in [2.05, 4.69) is 29.1 Å². The molecule has 2 aromatic rings. The van der Waals surface area contributed by atoms with Gasteiger partial charge in [0.25, 0.3) is 5.89 Å². The largest absolute Gasteiger partial charge is 0.455 e. The molecule has 7 heteroatoms. The third kappa shape index (κ3) is 4.40. The predicted molar refractivity (Wildman–Crippen MR) is 83.7 cm³/mol. The number of nitrogens with zero attached hydrogens (tertiary/aromatic N) is 4. The van der Waals surface area contributed by atoms with Gasteiger partial charge in [-0.3, -0.25) is 9.48 Å². The maximum absolute atomic E-state index is 12.0. The van der Waals surface area contributed by atoms with Crippen LogP contribution in [0.3, 0.4) is 0 Å². The topological polar surface area (TPSA) is 83.0 Å². The number of aryl methyl sites for hydroxylation is 2. The highest BCUT2D eigenvalue weighted by atomic mass is 16.6. The smallest absolute Gasteiger partial charge is 0.310 e. The molecule has 7 nitrogen and oxygen atoms in total. The lowest BCUT2D eigenvalue weighted by molar-refractivity contribution is -0.144. The number of hydrogen-bond acceptors (Lipinski definition) is 6. The number of carbonyl (C=O) groups excluding carboxylic acids is 1. The zero-order chi connectivity index (χ0) is 17.0. The summed E-state index contributed by atoms with van der Waals surface area (Å²) in [5.41, 5.74) is 2.81. The number of rotatable bonds is 7. The van der Waals surface area contributed by atoms with Gasteiger partial charge in [0.05, 0.1) is 12.1 Å². The van der Waals surface area contributed by atoms with Gasteiger partial charge in [-0.1, -0.05) is 25.9 Å². The summed E-state index contributed by atoms with van der Waals surface area (Å²) >= 11 is 0. The third-order valence-electron chi connectivity index (χ3n) is 3.57. The molecule has 0 aromatic carbocycles. The van der Waals surface area contributed by atoms with E-state index in [-0.39, 0.29) is 19.0 Å². The SMILES string of the molecule is CCc1noc(COC(=O)Cc2c(C)nn(CC(C)C)c2C)n1. The fourth-order valence-corrected chi connectivity index (χ4v) is 2.34. The van der Waals surface area contributed by atoms with Crippen LogP contribution in [0.2, 0.25) is 0 Å². The van der Waals surface area contributed by atoms with Crippen molar-refractivity contribution in [1.29, 1.82) is 0 Å². The molecule has 2 rings (SSSR count). The van der Waals surface area contributed by atoms with Crippen LogP contribution in [0.1, 0.15) is 49.4 Å². The minimum atomic E-state index is -0.323. The van der Waals surface area contributed by atoms with Crippen molar-refractivity contribution in [2.24, 2.45) is 5.92 Å². The molecular formula is C16H24N4O3. The van der Waals surface area contributed by atoms with E-state index in [4.69, 9.17) is 9.26 Å². The van der Waals surface area contributed by atoms with Crippen LogP contribution >= 0.6 is 0 Å². The van der Waals surface area contributed by atoms with Gasteiger partial charge >= 0.3 is 5.97 Å². The van der Waals surface area contributed by atoms with E-state index in [1.165, 1.54) is 0 Å². The molecule has 0 aliphatic carbocycles. The van der Waals surface area contributed by atoms with Gasteiger partial charge in [-0.2, -0.15) is 10.1 Å². The molecule has 126 valence electrons. The molecule has 0 radical (unpaired) electrons. The molecule has 0 saturated carbocycles. The Bertz CT molecular complexity index is 673. The van der Waals surface area contributed by atoms with Crippen molar-refractivity contribution >= 4 is 5.97 Å². The van der Waals surface area contributed by atoms with Crippen molar-refractivity contribution in [3.05, 3.63) is 28.7 Å². The van der Waals surface area contributed by atoms with Crippen molar-refractivity contribution < 1.29 is 14.1 Å². The highest BCUT2D eigenvalue weighted by Gasteiger charge is 2.17. The average Bonchev–Trinajstić information content (AvgIpc) is 3.05. The van der Waals surface area contributed by atoms with E-state index in [0.717, 1.165) is 23.5 Å². The van der Waals surface area contributed by atoms with Gasteiger partial charge < -0.3 is 9.26 Å². The summed E-state index contributed by atoms with van der Waals surface area (Å²) in [7, 11) is 0.